The van der Waals surface area contributed by atoms with Gasteiger partial charge in [0.15, 0.2) is 0 Å². The molecule has 1 aliphatic rings. The highest BCUT2D eigenvalue weighted by atomic mass is 16.5. The lowest BCUT2D eigenvalue weighted by atomic mass is 9.82. The molecule has 1 unspecified atom stereocenters. The molecule has 7 heteroatoms. The van der Waals surface area contributed by atoms with Gasteiger partial charge in [-0.15, -0.1) is 0 Å². The van der Waals surface area contributed by atoms with Crippen LogP contribution in [0.4, 0.5) is 0 Å². The molecule has 3 rings (SSSR count). The number of rotatable bonds is 8. The molecule has 33 heavy (non-hydrogen) atoms. The van der Waals surface area contributed by atoms with Gasteiger partial charge < -0.3 is 19.5 Å². The third kappa shape index (κ3) is 5.80. The quantitative estimate of drug-likeness (QED) is 0.607. The van der Waals surface area contributed by atoms with Gasteiger partial charge in [-0.1, -0.05) is 18.2 Å². The highest BCUT2D eigenvalue weighted by Crippen LogP contribution is 2.38. The summed E-state index contributed by atoms with van der Waals surface area (Å²) in [6.07, 6.45) is 1.90. The minimum Gasteiger partial charge on any atom is -0.497 e. The number of aromatic nitrogens is 1. The summed E-state index contributed by atoms with van der Waals surface area (Å²) in [4.78, 5) is 30.7. The van der Waals surface area contributed by atoms with E-state index >= 15 is 0 Å². The Hall–Kier alpha value is -3.61. The Kier molecular flexibility index (Phi) is 7.87. The molecular weight excluding hydrogens is 420 g/mol. The zero-order chi connectivity index (χ0) is 24.0. The first-order valence-electron chi connectivity index (χ1n) is 10.9. The summed E-state index contributed by atoms with van der Waals surface area (Å²) >= 11 is 0. The van der Waals surface area contributed by atoms with Gasteiger partial charge in [-0.25, -0.2) is 9.59 Å². The molecule has 1 aromatic carbocycles. The van der Waals surface area contributed by atoms with Gasteiger partial charge in [-0.3, -0.25) is 4.98 Å². The number of benzene rings is 1. The SMILES string of the molecule is COc1ccc(CCOC(=O)C2=C(C)NC(C)=C(C(=O)OC(C)C)C2c2ccccn2)cc1. The van der Waals surface area contributed by atoms with Gasteiger partial charge in [-0.2, -0.15) is 0 Å². The Labute approximate surface area is 194 Å². The fourth-order valence-electron chi connectivity index (χ4n) is 3.79. The van der Waals surface area contributed by atoms with Crippen molar-refractivity contribution in [3.8, 4) is 5.75 Å². The van der Waals surface area contributed by atoms with Crippen LogP contribution >= 0.6 is 0 Å². The number of dihydropyridines is 1. The summed E-state index contributed by atoms with van der Waals surface area (Å²) in [5.41, 5.74) is 3.56. The molecule has 1 aliphatic heterocycles. The van der Waals surface area contributed by atoms with E-state index < -0.39 is 17.9 Å². The number of pyridine rings is 1. The van der Waals surface area contributed by atoms with E-state index in [0.717, 1.165) is 11.3 Å². The molecule has 1 N–H and O–H groups in total. The highest BCUT2D eigenvalue weighted by Gasteiger charge is 2.39. The van der Waals surface area contributed by atoms with Crippen LogP contribution < -0.4 is 10.1 Å². The van der Waals surface area contributed by atoms with Crippen molar-refractivity contribution in [1.82, 2.24) is 10.3 Å². The molecule has 0 radical (unpaired) electrons. The van der Waals surface area contributed by atoms with E-state index in [1.165, 1.54) is 0 Å². The standard InChI is InChI=1S/C26H30N2O5/c1-16(2)33-26(30)23-18(4)28-17(3)22(24(23)21-8-6-7-14-27-21)25(29)32-15-13-19-9-11-20(31-5)12-10-19/h6-12,14,16,24,28H,13,15H2,1-5H3. The van der Waals surface area contributed by atoms with E-state index in [2.05, 4.69) is 10.3 Å². The van der Waals surface area contributed by atoms with Crippen molar-refractivity contribution in [3.63, 3.8) is 0 Å². The van der Waals surface area contributed by atoms with Crippen molar-refractivity contribution < 1.29 is 23.8 Å². The molecule has 0 fully saturated rings. The van der Waals surface area contributed by atoms with E-state index in [4.69, 9.17) is 14.2 Å². The summed E-state index contributed by atoms with van der Waals surface area (Å²) < 4.78 is 16.3. The largest absolute Gasteiger partial charge is 0.497 e. The maximum absolute atomic E-state index is 13.2. The van der Waals surface area contributed by atoms with Crippen molar-refractivity contribution in [1.29, 1.82) is 0 Å². The van der Waals surface area contributed by atoms with Gasteiger partial charge in [0.25, 0.3) is 0 Å². The fraction of sp³-hybridized carbons (Fsp3) is 0.346. The summed E-state index contributed by atoms with van der Waals surface area (Å²) in [5.74, 6) is -0.897. The third-order valence-electron chi connectivity index (χ3n) is 5.31. The van der Waals surface area contributed by atoms with Crippen LogP contribution in [0.2, 0.25) is 0 Å². The van der Waals surface area contributed by atoms with Crippen LogP contribution in [0.3, 0.4) is 0 Å². The molecule has 0 saturated carbocycles. The monoisotopic (exact) mass is 450 g/mol. The molecule has 0 bridgehead atoms. The summed E-state index contributed by atoms with van der Waals surface area (Å²) in [6, 6.07) is 13.0. The van der Waals surface area contributed by atoms with Crippen LogP contribution in [0.25, 0.3) is 0 Å². The molecule has 2 aromatic rings. The van der Waals surface area contributed by atoms with Crippen LogP contribution in [-0.2, 0) is 25.5 Å². The molecule has 0 saturated heterocycles. The average Bonchev–Trinajstić information content (AvgIpc) is 2.79. The molecule has 2 heterocycles. The van der Waals surface area contributed by atoms with Gasteiger partial charge in [0.2, 0.25) is 0 Å². The lowest BCUT2D eigenvalue weighted by Crippen LogP contribution is -2.33. The first-order valence-corrected chi connectivity index (χ1v) is 10.9. The van der Waals surface area contributed by atoms with E-state index in [9.17, 15) is 9.59 Å². The number of carbonyl (C=O) groups excluding carboxylic acids is 2. The van der Waals surface area contributed by atoms with E-state index in [1.54, 1.807) is 53.1 Å². The van der Waals surface area contributed by atoms with Crippen molar-refractivity contribution in [2.24, 2.45) is 0 Å². The number of nitrogens with one attached hydrogen (secondary N) is 1. The molecule has 0 aliphatic carbocycles. The van der Waals surface area contributed by atoms with Gasteiger partial charge in [-0.05, 0) is 57.5 Å². The van der Waals surface area contributed by atoms with Crippen LogP contribution in [-0.4, -0.2) is 36.7 Å². The maximum atomic E-state index is 13.2. The number of esters is 2. The van der Waals surface area contributed by atoms with Crippen molar-refractivity contribution in [3.05, 3.63) is 82.5 Å². The van der Waals surface area contributed by atoms with Gasteiger partial charge in [0.1, 0.15) is 5.75 Å². The first kappa shape index (κ1) is 24.0. The minimum absolute atomic E-state index is 0.200. The Bertz CT molecular complexity index is 1060. The Morgan fingerprint density at radius 1 is 1.00 bits per heavy atom. The van der Waals surface area contributed by atoms with Crippen LogP contribution in [0.1, 0.15) is 44.9 Å². The van der Waals surface area contributed by atoms with Crippen molar-refractivity contribution in [2.75, 3.05) is 13.7 Å². The zero-order valence-corrected chi connectivity index (χ0v) is 19.7. The van der Waals surface area contributed by atoms with Crippen LogP contribution in [0, 0.1) is 0 Å². The lowest BCUT2D eigenvalue weighted by Gasteiger charge is -2.30. The lowest BCUT2D eigenvalue weighted by molar-refractivity contribution is -0.143. The Morgan fingerprint density at radius 3 is 2.24 bits per heavy atom. The molecule has 174 valence electrons. The second-order valence-corrected chi connectivity index (χ2v) is 8.08. The highest BCUT2D eigenvalue weighted by molar-refractivity contribution is 5.99. The number of hydrogen-bond acceptors (Lipinski definition) is 7. The molecule has 7 nitrogen and oxygen atoms in total. The topological polar surface area (TPSA) is 86.8 Å². The smallest absolute Gasteiger partial charge is 0.337 e. The summed E-state index contributed by atoms with van der Waals surface area (Å²) in [5, 5.41) is 3.15. The van der Waals surface area contributed by atoms with Crippen LogP contribution in [0.15, 0.2) is 71.2 Å². The Balaban J connectivity index is 1.85. The van der Waals surface area contributed by atoms with Crippen molar-refractivity contribution in [2.45, 2.75) is 46.1 Å². The average molecular weight is 451 g/mol. The predicted octanol–water partition coefficient (Wildman–Crippen LogP) is 4.06. The molecule has 1 atom stereocenters. The summed E-state index contributed by atoms with van der Waals surface area (Å²) in [6.45, 7) is 7.36. The van der Waals surface area contributed by atoms with Gasteiger partial charge in [0.05, 0.1) is 42.6 Å². The van der Waals surface area contributed by atoms with Gasteiger partial charge in [0, 0.05) is 24.0 Å². The maximum Gasteiger partial charge on any atom is 0.337 e. The van der Waals surface area contributed by atoms with E-state index in [1.807, 2.05) is 30.3 Å². The first-order chi connectivity index (χ1) is 15.8. The zero-order valence-electron chi connectivity index (χ0n) is 19.7. The van der Waals surface area contributed by atoms with E-state index in [-0.39, 0.29) is 12.7 Å². The normalized spacial score (nSPS) is 15.9. The van der Waals surface area contributed by atoms with Gasteiger partial charge >= 0.3 is 11.9 Å². The second kappa shape index (κ2) is 10.8. The number of allylic oxidation sites excluding steroid dienone is 2. The molecule has 0 amide bonds. The number of methoxy groups -OCH3 is 1. The number of ether oxygens (including phenoxy) is 3. The molecule has 1 aromatic heterocycles. The second-order valence-electron chi connectivity index (χ2n) is 8.08. The predicted molar refractivity (Wildman–Crippen MR) is 124 cm³/mol. The Morgan fingerprint density at radius 2 is 1.67 bits per heavy atom. The summed E-state index contributed by atoms with van der Waals surface area (Å²) in [7, 11) is 1.62. The number of carbonyl (C=O) groups is 2. The number of nitrogens with zero attached hydrogens (tertiary/aromatic N) is 1. The third-order valence-corrected chi connectivity index (χ3v) is 5.31. The number of hydrogen-bond donors (Lipinski definition) is 1. The molecular formula is C26H30N2O5. The molecule has 0 spiro atoms. The van der Waals surface area contributed by atoms with Crippen LogP contribution in [0.5, 0.6) is 5.75 Å². The minimum atomic E-state index is -0.688. The fourth-order valence-corrected chi connectivity index (χ4v) is 3.79. The van der Waals surface area contributed by atoms with Crippen molar-refractivity contribution >= 4 is 11.9 Å². The van der Waals surface area contributed by atoms with E-state index in [0.29, 0.717) is 34.7 Å².